The Bertz CT molecular complexity index is 509. The highest BCUT2D eigenvalue weighted by Gasteiger charge is 2.06. The molecule has 0 bridgehead atoms. The van der Waals surface area contributed by atoms with E-state index in [4.69, 9.17) is 4.74 Å². The van der Waals surface area contributed by atoms with Gasteiger partial charge in [-0.3, -0.25) is 4.98 Å². The molecule has 1 aromatic carbocycles. The highest BCUT2D eigenvalue weighted by Crippen LogP contribution is 2.07. The zero-order valence-electron chi connectivity index (χ0n) is 9.59. The van der Waals surface area contributed by atoms with E-state index in [0.717, 1.165) is 11.1 Å². The van der Waals surface area contributed by atoms with Gasteiger partial charge in [0.25, 0.3) is 0 Å². The number of carbonyl (C=O) groups is 1. The molecule has 0 spiro atoms. The number of nitrogens with zero attached hydrogens (tertiary/aromatic N) is 1. The van der Waals surface area contributed by atoms with Crippen LogP contribution in [0.4, 0.5) is 0 Å². The predicted molar refractivity (Wildman–Crippen MR) is 64.5 cm³/mol. The van der Waals surface area contributed by atoms with Crippen LogP contribution >= 0.6 is 0 Å². The molecular formula is C14H13NO2. The number of esters is 1. The van der Waals surface area contributed by atoms with Gasteiger partial charge in [0.05, 0.1) is 5.56 Å². The van der Waals surface area contributed by atoms with E-state index in [1.165, 1.54) is 6.20 Å². The fourth-order valence-corrected chi connectivity index (χ4v) is 1.52. The van der Waals surface area contributed by atoms with Crippen LogP contribution in [0.15, 0.2) is 48.8 Å². The van der Waals surface area contributed by atoms with Crippen LogP contribution in [0.25, 0.3) is 0 Å². The third-order valence-electron chi connectivity index (χ3n) is 2.35. The van der Waals surface area contributed by atoms with E-state index in [-0.39, 0.29) is 12.6 Å². The van der Waals surface area contributed by atoms with E-state index >= 15 is 0 Å². The molecule has 0 aliphatic rings. The van der Waals surface area contributed by atoms with E-state index in [1.807, 2.05) is 31.2 Å². The average Bonchev–Trinajstić information content (AvgIpc) is 2.37. The zero-order valence-corrected chi connectivity index (χ0v) is 9.59. The fraction of sp³-hybridized carbons (Fsp3) is 0.143. The molecule has 0 unspecified atom stereocenters. The summed E-state index contributed by atoms with van der Waals surface area (Å²) in [7, 11) is 0. The van der Waals surface area contributed by atoms with Crippen molar-refractivity contribution >= 4 is 5.97 Å². The normalized spacial score (nSPS) is 9.94. The van der Waals surface area contributed by atoms with E-state index in [9.17, 15) is 4.79 Å². The van der Waals surface area contributed by atoms with Crippen LogP contribution in [-0.2, 0) is 11.3 Å². The SMILES string of the molecule is Cc1cccc(COC(=O)c2cccnc2)c1. The molecule has 0 saturated carbocycles. The molecule has 0 aliphatic heterocycles. The number of aryl methyl sites for hydroxylation is 1. The molecule has 3 heteroatoms. The molecule has 0 atom stereocenters. The lowest BCUT2D eigenvalue weighted by atomic mass is 10.1. The average molecular weight is 227 g/mol. The third kappa shape index (κ3) is 3.14. The number of ether oxygens (including phenoxy) is 1. The first-order valence-electron chi connectivity index (χ1n) is 5.38. The molecule has 0 N–H and O–H groups in total. The van der Waals surface area contributed by atoms with Crippen LogP contribution in [0.2, 0.25) is 0 Å². The quantitative estimate of drug-likeness (QED) is 0.757. The number of pyridine rings is 1. The van der Waals surface area contributed by atoms with Gasteiger partial charge in [-0.15, -0.1) is 0 Å². The smallest absolute Gasteiger partial charge is 0.340 e. The molecule has 1 heterocycles. The van der Waals surface area contributed by atoms with Crippen molar-refractivity contribution in [3.05, 3.63) is 65.5 Å². The van der Waals surface area contributed by atoms with Crippen LogP contribution in [0.3, 0.4) is 0 Å². The zero-order chi connectivity index (χ0) is 12.1. The number of carbonyl (C=O) groups excluding carboxylic acids is 1. The summed E-state index contributed by atoms with van der Waals surface area (Å²) < 4.78 is 5.19. The summed E-state index contributed by atoms with van der Waals surface area (Å²) in [5, 5.41) is 0. The van der Waals surface area contributed by atoms with Gasteiger partial charge in [0.15, 0.2) is 0 Å². The Balaban J connectivity index is 1.97. The first-order chi connectivity index (χ1) is 8.25. The van der Waals surface area contributed by atoms with E-state index in [1.54, 1.807) is 18.3 Å². The van der Waals surface area contributed by atoms with Gasteiger partial charge in [0, 0.05) is 12.4 Å². The van der Waals surface area contributed by atoms with Gasteiger partial charge in [-0.1, -0.05) is 29.8 Å². The van der Waals surface area contributed by atoms with Crippen LogP contribution in [0.1, 0.15) is 21.5 Å². The van der Waals surface area contributed by atoms with Crippen molar-refractivity contribution in [3.8, 4) is 0 Å². The lowest BCUT2D eigenvalue weighted by molar-refractivity contribution is 0.0472. The highest BCUT2D eigenvalue weighted by molar-refractivity contribution is 5.88. The molecule has 0 radical (unpaired) electrons. The minimum absolute atomic E-state index is 0.287. The van der Waals surface area contributed by atoms with Gasteiger partial charge in [-0.05, 0) is 24.6 Å². The van der Waals surface area contributed by atoms with Gasteiger partial charge >= 0.3 is 5.97 Å². The second-order valence-electron chi connectivity index (χ2n) is 3.81. The maximum absolute atomic E-state index is 11.6. The molecule has 86 valence electrons. The van der Waals surface area contributed by atoms with Crippen molar-refractivity contribution < 1.29 is 9.53 Å². The molecule has 0 fully saturated rings. The van der Waals surface area contributed by atoms with Crippen molar-refractivity contribution in [3.63, 3.8) is 0 Å². The monoisotopic (exact) mass is 227 g/mol. The Morgan fingerprint density at radius 3 is 2.88 bits per heavy atom. The first-order valence-corrected chi connectivity index (χ1v) is 5.38. The van der Waals surface area contributed by atoms with Crippen LogP contribution in [0, 0.1) is 6.92 Å². The minimum atomic E-state index is -0.348. The van der Waals surface area contributed by atoms with Gasteiger partial charge in [-0.25, -0.2) is 4.79 Å². The summed E-state index contributed by atoms with van der Waals surface area (Å²) in [6.45, 7) is 2.29. The van der Waals surface area contributed by atoms with Gasteiger partial charge < -0.3 is 4.74 Å². The van der Waals surface area contributed by atoms with Crippen molar-refractivity contribution in [2.75, 3.05) is 0 Å². The summed E-state index contributed by atoms with van der Waals surface area (Å²) >= 11 is 0. The van der Waals surface area contributed by atoms with Gasteiger partial charge in [0.1, 0.15) is 6.61 Å². The summed E-state index contributed by atoms with van der Waals surface area (Å²) in [6, 6.07) is 11.3. The Morgan fingerprint density at radius 2 is 2.18 bits per heavy atom. The highest BCUT2D eigenvalue weighted by atomic mass is 16.5. The predicted octanol–water partition coefficient (Wildman–Crippen LogP) is 2.75. The molecule has 1 aromatic heterocycles. The standard InChI is InChI=1S/C14H13NO2/c1-11-4-2-5-12(8-11)10-17-14(16)13-6-3-7-15-9-13/h2-9H,10H2,1H3. The molecule has 0 saturated heterocycles. The molecule has 17 heavy (non-hydrogen) atoms. The Morgan fingerprint density at radius 1 is 1.29 bits per heavy atom. The van der Waals surface area contributed by atoms with Crippen LogP contribution < -0.4 is 0 Å². The third-order valence-corrected chi connectivity index (χ3v) is 2.35. The Kier molecular flexibility index (Phi) is 3.50. The summed E-state index contributed by atoms with van der Waals surface area (Å²) in [6.07, 6.45) is 3.12. The van der Waals surface area contributed by atoms with Gasteiger partial charge in [-0.2, -0.15) is 0 Å². The summed E-state index contributed by atoms with van der Waals surface area (Å²) in [4.78, 5) is 15.5. The number of hydrogen-bond acceptors (Lipinski definition) is 3. The van der Waals surface area contributed by atoms with Gasteiger partial charge in [0.2, 0.25) is 0 Å². The molecule has 0 aliphatic carbocycles. The van der Waals surface area contributed by atoms with E-state index in [0.29, 0.717) is 5.56 Å². The van der Waals surface area contributed by atoms with Crippen molar-refractivity contribution in [1.29, 1.82) is 0 Å². The topological polar surface area (TPSA) is 39.2 Å². The van der Waals surface area contributed by atoms with Crippen LogP contribution in [0.5, 0.6) is 0 Å². The first kappa shape index (κ1) is 11.3. The van der Waals surface area contributed by atoms with Crippen molar-refractivity contribution in [2.24, 2.45) is 0 Å². The van der Waals surface area contributed by atoms with Crippen LogP contribution in [-0.4, -0.2) is 11.0 Å². The molecule has 0 amide bonds. The largest absolute Gasteiger partial charge is 0.457 e. The Hall–Kier alpha value is -2.16. The lowest BCUT2D eigenvalue weighted by Gasteiger charge is -2.05. The molecule has 2 aromatic rings. The minimum Gasteiger partial charge on any atom is -0.457 e. The fourth-order valence-electron chi connectivity index (χ4n) is 1.52. The maximum atomic E-state index is 11.6. The number of benzene rings is 1. The van der Waals surface area contributed by atoms with Crippen molar-refractivity contribution in [2.45, 2.75) is 13.5 Å². The maximum Gasteiger partial charge on any atom is 0.340 e. The lowest BCUT2D eigenvalue weighted by Crippen LogP contribution is -2.05. The summed E-state index contributed by atoms with van der Waals surface area (Å²) in [5.74, 6) is -0.348. The molecule has 3 nitrogen and oxygen atoms in total. The molecule has 2 rings (SSSR count). The van der Waals surface area contributed by atoms with E-state index in [2.05, 4.69) is 4.98 Å². The number of rotatable bonds is 3. The second-order valence-corrected chi connectivity index (χ2v) is 3.81. The van der Waals surface area contributed by atoms with Crippen molar-refractivity contribution in [1.82, 2.24) is 4.98 Å². The molecular weight excluding hydrogens is 214 g/mol. The number of aromatic nitrogens is 1. The summed E-state index contributed by atoms with van der Waals surface area (Å²) in [5.41, 5.74) is 2.61. The second kappa shape index (κ2) is 5.25. The number of hydrogen-bond donors (Lipinski definition) is 0. The Labute approximate surface area is 100 Å². The van der Waals surface area contributed by atoms with E-state index < -0.39 is 0 Å².